The van der Waals surface area contributed by atoms with Gasteiger partial charge < -0.3 is 15.3 Å². The molecule has 118 valence electrons. The van der Waals surface area contributed by atoms with Crippen LogP contribution in [0.2, 0.25) is 0 Å². The highest BCUT2D eigenvalue weighted by atomic mass is 16.3. The van der Waals surface area contributed by atoms with E-state index in [2.05, 4.69) is 34.0 Å². The van der Waals surface area contributed by atoms with Crippen molar-refractivity contribution in [1.82, 2.24) is 14.9 Å². The molecule has 1 aliphatic heterocycles. The van der Waals surface area contributed by atoms with Gasteiger partial charge in [0, 0.05) is 30.8 Å². The molecule has 5 nitrogen and oxygen atoms in total. The maximum absolute atomic E-state index is 8.96. The van der Waals surface area contributed by atoms with Crippen molar-refractivity contribution in [3.8, 4) is 0 Å². The van der Waals surface area contributed by atoms with Crippen LogP contribution in [0.4, 0.5) is 5.82 Å². The van der Waals surface area contributed by atoms with Gasteiger partial charge in [-0.05, 0) is 38.8 Å². The van der Waals surface area contributed by atoms with Crippen LogP contribution in [0.1, 0.15) is 44.1 Å². The maximum Gasteiger partial charge on any atom is 0.133 e. The summed E-state index contributed by atoms with van der Waals surface area (Å²) in [5, 5.41) is 12.4. The summed E-state index contributed by atoms with van der Waals surface area (Å²) >= 11 is 0. The van der Waals surface area contributed by atoms with Crippen molar-refractivity contribution >= 4 is 5.82 Å². The van der Waals surface area contributed by atoms with Crippen LogP contribution in [0.15, 0.2) is 6.07 Å². The summed E-state index contributed by atoms with van der Waals surface area (Å²) < 4.78 is 0. The number of nitrogens with one attached hydrogen (secondary N) is 1. The van der Waals surface area contributed by atoms with Crippen LogP contribution in [0.5, 0.6) is 0 Å². The molecule has 0 aromatic carbocycles. The molecule has 1 fully saturated rings. The summed E-state index contributed by atoms with van der Waals surface area (Å²) in [5.74, 6) is 2.91. The van der Waals surface area contributed by atoms with Crippen molar-refractivity contribution < 1.29 is 5.11 Å². The van der Waals surface area contributed by atoms with Crippen molar-refractivity contribution in [2.45, 2.75) is 39.5 Å². The third-order valence-corrected chi connectivity index (χ3v) is 4.08. The Balaban J connectivity index is 1.84. The minimum Gasteiger partial charge on any atom is -0.395 e. The molecule has 1 saturated heterocycles. The molecule has 1 aromatic rings. The first-order valence-electron chi connectivity index (χ1n) is 8.01. The highest BCUT2D eigenvalue weighted by Gasteiger charge is 2.18. The van der Waals surface area contributed by atoms with Crippen LogP contribution < -0.4 is 5.32 Å². The Morgan fingerprint density at radius 3 is 2.67 bits per heavy atom. The highest BCUT2D eigenvalue weighted by Crippen LogP contribution is 2.18. The van der Waals surface area contributed by atoms with Gasteiger partial charge in [0.25, 0.3) is 0 Å². The number of aliphatic hydroxyl groups excluding tert-OH is 1. The Morgan fingerprint density at radius 2 is 2.05 bits per heavy atom. The van der Waals surface area contributed by atoms with Crippen LogP contribution in [0, 0.1) is 12.8 Å². The lowest BCUT2D eigenvalue weighted by atomic mass is 9.97. The molecule has 2 rings (SSSR count). The molecule has 0 radical (unpaired) electrons. The predicted molar refractivity (Wildman–Crippen MR) is 85.6 cm³/mol. The minimum absolute atomic E-state index is 0.265. The molecule has 0 saturated carbocycles. The largest absolute Gasteiger partial charge is 0.395 e. The Kier molecular flexibility index (Phi) is 5.94. The number of rotatable bonds is 6. The molecule has 1 aromatic heterocycles. The summed E-state index contributed by atoms with van der Waals surface area (Å²) in [6.45, 7) is 10.5. The van der Waals surface area contributed by atoms with Crippen molar-refractivity contribution in [2.75, 3.05) is 38.1 Å². The average molecular weight is 292 g/mol. The molecule has 0 amide bonds. The smallest absolute Gasteiger partial charge is 0.133 e. The quantitative estimate of drug-likeness (QED) is 0.840. The summed E-state index contributed by atoms with van der Waals surface area (Å²) in [6, 6.07) is 2.02. The number of aliphatic hydroxyl groups is 1. The van der Waals surface area contributed by atoms with Gasteiger partial charge in [-0.3, -0.25) is 0 Å². The standard InChI is InChI=1S/C16H28N4O/c1-12(2)16-18-13(3)10-15(19-16)17-11-14-4-6-20(7-5-14)8-9-21/h10,12,14,21H,4-9,11H2,1-3H3,(H,17,18,19). The van der Waals surface area contributed by atoms with E-state index in [0.29, 0.717) is 11.8 Å². The summed E-state index contributed by atoms with van der Waals surface area (Å²) in [6.07, 6.45) is 2.38. The number of piperidine rings is 1. The number of anilines is 1. The number of aromatic nitrogens is 2. The van der Waals surface area contributed by atoms with Gasteiger partial charge in [0.05, 0.1) is 6.61 Å². The first kappa shape index (κ1) is 16.2. The predicted octanol–water partition coefficient (Wildman–Crippen LogP) is 2.02. The molecule has 0 aliphatic carbocycles. The Labute approximate surface area is 127 Å². The van der Waals surface area contributed by atoms with E-state index in [-0.39, 0.29) is 6.61 Å². The monoisotopic (exact) mass is 292 g/mol. The van der Waals surface area contributed by atoms with Crippen molar-refractivity contribution in [1.29, 1.82) is 0 Å². The third-order valence-electron chi connectivity index (χ3n) is 4.08. The normalized spacial score (nSPS) is 17.4. The number of nitrogens with zero attached hydrogens (tertiary/aromatic N) is 3. The lowest BCUT2D eigenvalue weighted by molar-refractivity contribution is 0.151. The molecule has 5 heteroatoms. The Morgan fingerprint density at radius 1 is 1.33 bits per heavy atom. The number of likely N-dealkylation sites (tertiary alicyclic amines) is 1. The summed E-state index contributed by atoms with van der Waals surface area (Å²) in [5.41, 5.74) is 1.02. The van der Waals surface area contributed by atoms with Crippen molar-refractivity contribution in [3.05, 3.63) is 17.6 Å². The fourth-order valence-corrected chi connectivity index (χ4v) is 2.74. The zero-order valence-corrected chi connectivity index (χ0v) is 13.5. The number of hydrogen-bond donors (Lipinski definition) is 2. The molecule has 0 atom stereocenters. The van der Waals surface area contributed by atoms with E-state index in [1.54, 1.807) is 0 Å². The lowest BCUT2D eigenvalue weighted by Crippen LogP contribution is -2.37. The van der Waals surface area contributed by atoms with Gasteiger partial charge >= 0.3 is 0 Å². The fourth-order valence-electron chi connectivity index (χ4n) is 2.74. The van der Waals surface area contributed by atoms with Crippen LogP contribution in [-0.2, 0) is 0 Å². The molecule has 0 spiro atoms. The molecule has 0 bridgehead atoms. The van der Waals surface area contributed by atoms with Crippen LogP contribution in [-0.4, -0.2) is 52.8 Å². The minimum atomic E-state index is 0.265. The van der Waals surface area contributed by atoms with E-state index in [1.807, 2.05) is 13.0 Å². The number of aryl methyl sites for hydroxylation is 1. The lowest BCUT2D eigenvalue weighted by Gasteiger charge is -2.31. The van der Waals surface area contributed by atoms with Gasteiger partial charge in [0.2, 0.25) is 0 Å². The zero-order valence-electron chi connectivity index (χ0n) is 13.5. The second-order valence-corrected chi connectivity index (χ2v) is 6.30. The topological polar surface area (TPSA) is 61.3 Å². The molecular weight excluding hydrogens is 264 g/mol. The first-order chi connectivity index (χ1) is 10.1. The third kappa shape index (κ3) is 4.93. The second-order valence-electron chi connectivity index (χ2n) is 6.30. The van der Waals surface area contributed by atoms with Crippen molar-refractivity contribution in [2.24, 2.45) is 5.92 Å². The number of hydrogen-bond acceptors (Lipinski definition) is 5. The van der Waals surface area contributed by atoms with Gasteiger partial charge in [0.1, 0.15) is 11.6 Å². The highest BCUT2D eigenvalue weighted by molar-refractivity contribution is 5.36. The van der Waals surface area contributed by atoms with Gasteiger partial charge in [-0.25, -0.2) is 9.97 Å². The molecule has 1 aliphatic rings. The molecule has 0 unspecified atom stereocenters. The van der Waals surface area contributed by atoms with E-state index >= 15 is 0 Å². The molecule has 21 heavy (non-hydrogen) atoms. The van der Waals surface area contributed by atoms with Crippen molar-refractivity contribution in [3.63, 3.8) is 0 Å². The van der Waals surface area contributed by atoms with E-state index in [4.69, 9.17) is 5.11 Å². The second kappa shape index (κ2) is 7.71. The molecule has 2 N–H and O–H groups in total. The number of β-amino-alcohol motifs (C(OH)–C–C–N with tert-alkyl or cyclic N) is 1. The van der Waals surface area contributed by atoms with Crippen LogP contribution >= 0.6 is 0 Å². The Hall–Kier alpha value is -1.20. The van der Waals surface area contributed by atoms with Gasteiger partial charge in [-0.15, -0.1) is 0 Å². The van der Waals surface area contributed by atoms with E-state index in [9.17, 15) is 0 Å². The van der Waals surface area contributed by atoms with E-state index < -0.39 is 0 Å². The Bertz CT molecular complexity index is 442. The zero-order chi connectivity index (χ0) is 15.2. The van der Waals surface area contributed by atoms with Gasteiger partial charge in [-0.2, -0.15) is 0 Å². The molecular formula is C16H28N4O. The SMILES string of the molecule is Cc1cc(NCC2CCN(CCO)CC2)nc(C(C)C)n1. The van der Waals surface area contributed by atoms with Crippen LogP contribution in [0.25, 0.3) is 0 Å². The fraction of sp³-hybridized carbons (Fsp3) is 0.750. The summed E-state index contributed by atoms with van der Waals surface area (Å²) in [7, 11) is 0. The first-order valence-corrected chi connectivity index (χ1v) is 8.01. The van der Waals surface area contributed by atoms with E-state index in [1.165, 1.54) is 12.8 Å². The maximum atomic E-state index is 8.96. The molecule has 2 heterocycles. The van der Waals surface area contributed by atoms with Crippen LogP contribution in [0.3, 0.4) is 0 Å². The average Bonchev–Trinajstić information content (AvgIpc) is 2.46. The van der Waals surface area contributed by atoms with Gasteiger partial charge in [0.15, 0.2) is 0 Å². The van der Waals surface area contributed by atoms with Gasteiger partial charge in [-0.1, -0.05) is 13.8 Å². The van der Waals surface area contributed by atoms with E-state index in [0.717, 1.165) is 43.5 Å². The summed E-state index contributed by atoms with van der Waals surface area (Å²) in [4.78, 5) is 11.4.